The SMILES string of the molecule is Cc1cccc(C)c1-c1cccc2c1C=C1[CH]2[Hf]([CH3])([CH3])[CH]2C(=Cc3c(-c4c(C)cccc4C)cccc32)C1(C)Cc1ccccc1. The second kappa shape index (κ2) is 10.7. The molecule has 0 spiro atoms. The van der Waals surface area contributed by atoms with Gasteiger partial charge in [-0.2, -0.15) is 0 Å². The number of fused-ring (bicyclic) bond motifs is 6. The molecule has 0 amide bonds. The van der Waals surface area contributed by atoms with Crippen LogP contribution < -0.4 is 0 Å². The fourth-order valence-corrected chi connectivity index (χ4v) is 27.2. The normalized spacial score (nSPS) is 22.0. The molecule has 0 bridgehead atoms. The molecule has 1 heteroatoms. The van der Waals surface area contributed by atoms with Gasteiger partial charge in [0.2, 0.25) is 0 Å². The Morgan fingerprint density at radius 1 is 0.522 bits per heavy atom. The number of benzene rings is 5. The van der Waals surface area contributed by atoms with Crippen LogP contribution in [0.5, 0.6) is 0 Å². The molecule has 5 aromatic carbocycles. The Bertz CT molecular complexity index is 1940. The summed E-state index contributed by atoms with van der Waals surface area (Å²) in [5.74, 6) is 0. The Balaban J connectivity index is 1.40. The van der Waals surface area contributed by atoms with Gasteiger partial charge in [-0.25, -0.2) is 0 Å². The quantitative estimate of drug-likeness (QED) is 0.160. The maximum absolute atomic E-state index is 3.19. The van der Waals surface area contributed by atoms with E-state index in [0.717, 1.165) is 6.42 Å². The van der Waals surface area contributed by atoms with Gasteiger partial charge in [-0.05, 0) is 0 Å². The zero-order valence-corrected chi connectivity index (χ0v) is 31.9. The Hall–Kier alpha value is -3.55. The molecular weight excluding hydrogens is 719 g/mol. The van der Waals surface area contributed by atoms with Crippen LogP contribution in [-0.4, -0.2) is 0 Å². The molecule has 0 aromatic heterocycles. The van der Waals surface area contributed by atoms with Crippen LogP contribution in [-0.2, 0) is 26.4 Å². The van der Waals surface area contributed by atoms with Crippen LogP contribution in [0.1, 0.15) is 64.3 Å². The molecule has 0 saturated carbocycles. The van der Waals surface area contributed by atoms with Crippen LogP contribution >= 0.6 is 0 Å². The molecule has 1 heterocycles. The van der Waals surface area contributed by atoms with Crippen LogP contribution in [0.15, 0.2) is 114 Å². The summed E-state index contributed by atoms with van der Waals surface area (Å²) in [6.45, 7) is 11.7. The van der Waals surface area contributed by atoms with Gasteiger partial charge in [0.25, 0.3) is 0 Å². The van der Waals surface area contributed by atoms with Crippen molar-refractivity contribution in [3.8, 4) is 22.3 Å². The van der Waals surface area contributed by atoms with Gasteiger partial charge >= 0.3 is 282 Å². The predicted octanol–water partition coefficient (Wildman–Crippen LogP) is 12.3. The molecule has 1 saturated heterocycles. The average Bonchev–Trinajstić information content (AvgIpc) is 3.64. The molecule has 0 nitrogen and oxygen atoms in total. The molecular formula is C45H44Hf. The fourth-order valence-electron chi connectivity index (χ4n) is 9.82. The van der Waals surface area contributed by atoms with E-state index < -0.39 is 20.0 Å². The van der Waals surface area contributed by atoms with Crippen molar-refractivity contribution >= 4 is 12.2 Å². The standard InChI is InChI=1S/C43H38.2CH3.Hf/c1-28-13-9-14-29(2)41(28)37-21-11-19-33-23-35(25-39(33)37)43(5,27-32-17-7-6-8-18-32)36-24-34-20-12-22-38(40(34)26-36)42-30(3)15-10-16-31(42)4;;;/h6-26H,27H2,1-5H3;2*1H3;. The fraction of sp³-hybridized carbons (Fsp3) is 0.244. The maximum atomic E-state index is 2.77. The predicted molar refractivity (Wildman–Crippen MR) is 194 cm³/mol. The van der Waals surface area contributed by atoms with Crippen LogP contribution in [0.4, 0.5) is 0 Å². The number of hydrogen-bond acceptors (Lipinski definition) is 0. The van der Waals surface area contributed by atoms with Crippen LogP contribution in [0, 0.1) is 33.1 Å². The zero-order valence-electron chi connectivity index (χ0n) is 28.3. The number of aryl methyl sites for hydroxylation is 4. The summed E-state index contributed by atoms with van der Waals surface area (Å²) < 4.78 is 6.65. The van der Waals surface area contributed by atoms with Gasteiger partial charge < -0.3 is 0 Å². The Morgan fingerprint density at radius 3 is 1.37 bits per heavy atom. The van der Waals surface area contributed by atoms with Crippen molar-refractivity contribution in [3.05, 3.63) is 164 Å². The first-order valence-electron chi connectivity index (χ1n) is 17.0. The van der Waals surface area contributed by atoms with Gasteiger partial charge in [-0.3, -0.25) is 0 Å². The Morgan fingerprint density at radius 2 is 0.935 bits per heavy atom. The molecule has 5 aromatic rings. The van der Waals surface area contributed by atoms with Crippen LogP contribution in [0.25, 0.3) is 34.4 Å². The molecule has 46 heavy (non-hydrogen) atoms. The molecule has 2 unspecified atom stereocenters. The summed E-state index contributed by atoms with van der Waals surface area (Å²) >= 11 is -3.19. The molecule has 8 rings (SSSR count). The Kier molecular flexibility index (Phi) is 6.97. The topological polar surface area (TPSA) is 0 Å². The first-order chi connectivity index (χ1) is 22.1. The first-order valence-corrected chi connectivity index (χ1v) is 28.3. The van der Waals surface area contributed by atoms with E-state index in [2.05, 4.69) is 159 Å². The molecule has 0 N–H and O–H groups in total. The van der Waals surface area contributed by atoms with E-state index in [0.29, 0.717) is 7.35 Å². The molecule has 228 valence electrons. The second-order valence-corrected chi connectivity index (χ2v) is 32.3. The van der Waals surface area contributed by atoms with E-state index in [1.807, 2.05) is 0 Å². The van der Waals surface area contributed by atoms with E-state index in [1.165, 1.54) is 61.2 Å². The minimum absolute atomic E-state index is 0.0691. The molecule has 2 aliphatic carbocycles. The summed E-state index contributed by atoms with van der Waals surface area (Å²) in [5, 5.41) is 0. The van der Waals surface area contributed by atoms with Gasteiger partial charge in [0, 0.05) is 0 Å². The van der Waals surface area contributed by atoms with Crippen molar-refractivity contribution in [2.24, 2.45) is 5.41 Å². The number of hydrogen-bond donors (Lipinski definition) is 0. The van der Waals surface area contributed by atoms with Gasteiger partial charge in [-0.1, -0.05) is 0 Å². The van der Waals surface area contributed by atoms with Crippen molar-refractivity contribution in [3.63, 3.8) is 0 Å². The molecule has 3 aliphatic rings. The van der Waals surface area contributed by atoms with Gasteiger partial charge in [-0.15, -0.1) is 0 Å². The molecule has 0 radical (unpaired) electrons. The van der Waals surface area contributed by atoms with E-state index in [-0.39, 0.29) is 5.41 Å². The average molecular weight is 763 g/mol. The van der Waals surface area contributed by atoms with Crippen LogP contribution in [0.2, 0.25) is 9.36 Å². The van der Waals surface area contributed by atoms with Gasteiger partial charge in [0.05, 0.1) is 0 Å². The summed E-state index contributed by atoms with van der Waals surface area (Å²) in [7, 11) is 0. The second-order valence-electron chi connectivity index (χ2n) is 15.0. The summed E-state index contributed by atoms with van der Waals surface area (Å²) in [4.78, 5) is 0. The van der Waals surface area contributed by atoms with Crippen molar-refractivity contribution in [2.75, 3.05) is 0 Å². The molecule has 2 atom stereocenters. The summed E-state index contributed by atoms with van der Waals surface area (Å²) in [6.07, 6.45) is 6.39. The van der Waals surface area contributed by atoms with E-state index in [4.69, 9.17) is 0 Å². The number of allylic oxidation sites excluding steroid dienone is 2. The van der Waals surface area contributed by atoms with Gasteiger partial charge in [0.1, 0.15) is 0 Å². The minimum atomic E-state index is -3.19. The van der Waals surface area contributed by atoms with Gasteiger partial charge in [0.15, 0.2) is 0 Å². The van der Waals surface area contributed by atoms with E-state index in [1.54, 1.807) is 22.3 Å². The van der Waals surface area contributed by atoms with Crippen molar-refractivity contribution in [1.29, 1.82) is 0 Å². The number of rotatable bonds is 4. The van der Waals surface area contributed by atoms with Crippen molar-refractivity contribution in [2.45, 2.75) is 57.7 Å². The third-order valence-electron chi connectivity index (χ3n) is 11.8. The third kappa shape index (κ3) is 4.27. The third-order valence-corrected chi connectivity index (χ3v) is 26.9. The van der Waals surface area contributed by atoms with Crippen molar-refractivity contribution < 1.29 is 20.0 Å². The molecule has 1 aliphatic heterocycles. The Labute approximate surface area is 280 Å². The zero-order chi connectivity index (χ0) is 32.0. The summed E-state index contributed by atoms with van der Waals surface area (Å²) in [6, 6.07) is 39.2. The summed E-state index contributed by atoms with van der Waals surface area (Å²) in [5.41, 5.74) is 22.0. The molecule has 1 fully saturated rings. The van der Waals surface area contributed by atoms with E-state index in [9.17, 15) is 0 Å². The van der Waals surface area contributed by atoms with E-state index >= 15 is 0 Å². The first kappa shape index (κ1) is 29.8. The van der Waals surface area contributed by atoms with Crippen LogP contribution in [0.3, 0.4) is 0 Å². The van der Waals surface area contributed by atoms with Crippen molar-refractivity contribution in [1.82, 2.24) is 0 Å². The monoisotopic (exact) mass is 764 g/mol.